The molecule has 3 rings (SSSR count). The van der Waals surface area contributed by atoms with E-state index in [-0.39, 0.29) is 11.7 Å². The van der Waals surface area contributed by atoms with Crippen LogP contribution in [0.4, 0.5) is 10.1 Å². The minimum Gasteiger partial charge on any atom is -0.318 e. The third-order valence-corrected chi connectivity index (χ3v) is 3.92. The highest BCUT2D eigenvalue weighted by molar-refractivity contribution is 7.98. The van der Waals surface area contributed by atoms with Crippen LogP contribution >= 0.6 is 11.8 Å². The molecule has 0 atom stereocenters. The zero-order valence-electron chi connectivity index (χ0n) is 13.7. The van der Waals surface area contributed by atoms with Gasteiger partial charge in [0.25, 0.3) is 5.91 Å². The van der Waals surface area contributed by atoms with Gasteiger partial charge in [-0.2, -0.15) is 5.10 Å². The fourth-order valence-electron chi connectivity index (χ4n) is 2.28. The Kier molecular flexibility index (Phi) is 5.08. The van der Waals surface area contributed by atoms with Crippen LogP contribution in [0.3, 0.4) is 0 Å². The summed E-state index contributed by atoms with van der Waals surface area (Å²) in [5.74, 6) is -0.618. The lowest BCUT2D eigenvalue weighted by molar-refractivity contribution is 0.102. The maximum atomic E-state index is 13.2. The van der Waals surface area contributed by atoms with Gasteiger partial charge in [0.05, 0.1) is 18.4 Å². The Labute approximate surface area is 148 Å². The Hall–Kier alpha value is -2.74. The number of halogens is 1. The number of thioether (sulfide) groups is 1. The molecule has 25 heavy (non-hydrogen) atoms. The highest BCUT2D eigenvalue weighted by Gasteiger charge is 2.12. The summed E-state index contributed by atoms with van der Waals surface area (Å²) in [6, 6.07) is 7.94. The van der Waals surface area contributed by atoms with Crippen molar-refractivity contribution < 1.29 is 9.18 Å². The second kappa shape index (κ2) is 7.43. The number of nitrogens with one attached hydrogen (secondary N) is 1. The van der Waals surface area contributed by atoms with Gasteiger partial charge in [-0.1, -0.05) is 23.9 Å². The van der Waals surface area contributed by atoms with E-state index in [1.807, 2.05) is 19.2 Å². The molecule has 2 heterocycles. The van der Waals surface area contributed by atoms with E-state index in [1.165, 1.54) is 23.9 Å². The normalized spacial score (nSPS) is 10.7. The molecule has 1 N–H and O–H groups in total. The highest BCUT2D eigenvalue weighted by Crippen LogP contribution is 2.13. The average molecular weight is 357 g/mol. The van der Waals surface area contributed by atoms with Gasteiger partial charge in [0, 0.05) is 11.9 Å². The summed E-state index contributed by atoms with van der Waals surface area (Å²) in [5, 5.41) is 7.49. The van der Waals surface area contributed by atoms with Crippen LogP contribution in [0.5, 0.6) is 0 Å². The third-order valence-electron chi connectivity index (χ3n) is 3.37. The quantitative estimate of drug-likeness (QED) is 0.561. The monoisotopic (exact) mass is 357 g/mol. The standard InChI is InChI=1S/C17H16FN5OS/c1-11-6-15(22-17(20-11)25-2)16(24)21-14-8-19-23(10-14)9-12-4-3-5-13(18)7-12/h3-8,10H,9H2,1-2H3,(H,21,24). The predicted octanol–water partition coefficient (Wildman–Crippen LogP) is 3.14. The van der Waals surface area contributed by atoms with Crippen LogP contribution in [-0.2, 0) is 6.54 Å². The second-order valence-electron chi connectivity index (χ2n) is 5.39. The SMILES string of the molecule is CSc1nc(C)cc(C(=O)Nc2cnn(Cc3cccc(F)c3)c2)n1. The summed E-state index contributed by atoms with van der Waals surface area (Å²) in [6.07, 6.45) is 5.08. The van der Waals surface area contributed by atoms with Crippen molar-refractivity contribution in [2.75, 3.05) is 11.6 Å². The van der Waals surface area contributed by atoms with Crippen molar-refractivity contribution in [2.45, 2.75) is 18.6 Å². The lowest BCUT2D eigenvalue weighted by Crippen LogP contribution is -2.14. The third kappa shape index (κ3) is 4.42. The van der Waals surface area contributed by atoms with Gasteiger partial charge in [-0.25, -0.2) is 14.4 Å². The zero-order valence-corrected chi connectivity index (χ0v) is 14.5. The largest absolute Gasteiger partial charge is 0.318 e. The molecule has 0 fully saturated rings. The average Bonchev–Trinajstić information content (AvgIpc) is 3.01. The number of aryl methyl sites for hydroxylation is 1. The molecule has 0 bridgehead atoms. The van der Waals surface area contributed by atoms with Crippen LogP contribution in [0.1, 0.15) is 21.7 Å². The van der Waals surface area contributed by atoms with E-state index in [0.29, 0.717) is 23.1 Å². The van der Waals surface area contributed by atoms with Crippen LogP contribution in [0.25, 0.3) is 0 Å². The fraction of sp³-hybridized carbons (Fsp3) is 0.176. The molecule has 6 nitrogen and oxygen atoms in total. The van der Waals surface area contributed by atoms with Crippen molar-refractivity contribution in [1.29, 1.82) is 0 Å². The molecule has 0 unspecified atom stereocenters. The van der Waals surface area contributed by atoms with Crippen LogP contribution in [0.2, 0.25) is 0 Å². The maximum Gasteiger partial charge on any atom is 0.274 e. The number of benzene rings is 1. The lowest BCUT2D eigenvalue weighted by Gasteiger charge is -2.04. The smallest absolute Gasteiger partial charge is 0.274 e. The summed E-state index contributed by atoms with van der Waals surface area (Å²) in [7, 11) is 0. The van der Waals surface area contributed by atoms with Crippen molar-refractivity contribution in [3.63, 3.8) is 0 Å². The van der Waals surface area contributed by atoms with E-state index >= 15 is 0 Å². The number of carbonyl (C=O) groups is 1. The van der Waals surface area contributed by atoms with Gasteiger partial charge in [0.15, 0.2) is 5.16 Å². The van der Waals surface area contributed by atoms with E-state index in [2.05, 4.69) is 20.4 Å². The topological polar surface area (TPSA) is 72.7 Å². The number of hydrogen-bond donors (Lipinski definition) is 1. The predicted molar refractivity (Wildman–Crippen MR) is 94.2 cm³/mol. The van der Waals surface area contributed by atoms with E-state index in [9.17, 15) is 9.18 Å². The first-order valence-electron chi connectivity index (χ1n) is 7.51. The summed E-state index contributed by atoms with van der Waals surface area (Å²) in [4.78, 5) is 20.8. The van der Waals surface area contributed by atoms with Gasteiger partial charge in [0.2, 0.25) is 0 Å². The van der Waals surface area contributed by atoms with Gasteiger partial charge in [-0.3, -0.25) is 9.48 Å². The molecule has 3 aromatic rings. The van der Waals surface area contributed by atoms with Crippen molar-refractivity contribution in [3.05, 3.63) is 65.5 Å². The lowest BCUT2D eigenvalue weighted by atomic mass is 10.2. The Morgan fingerprint density at radius 3 is 2.92 bits per heavy atom. The van der Waals surface area contributed by atoms with E-state index in [4.69, 9.17) is 0 Å². The van der Waals surface area contributed by atoms with Gasteiger partial charge in [0.1, 0.15) is 11.5 Å². The second-order valence-corrected chi connectivity index (χ2v) is 6.17. The minimum absolute atomic E-state index is 0.290. The summed E-state index contributed by atoms with van der Waals surface area (Å²) in [5.41, 5.74) is 2.36. The number of nitrogens with zero attached hydrogens (tertiary/aromatic N) is 4. The van der Waals surface area contributed by atoms with Gasteiger partial charge < -0.3 is 5.32 Å². The first kappa shape index (κ1) is 17.1. The number of hydrogen-bond acceptors (Lipinski definition) is 5. The zero-order chi connectivity index (χ0) is 17.8. The molecule has 0 aliphatic heterocycles. The first-order valence-corrected chi connectivity index (χ1v) is 8.74. The number of amides is 1. The Morgan fingerprint density at radius 1 is 1.32 bits per heavy atom. The Balaban J connectivity index is 1.70. The van der Waals surface area contributed by atoms with Crippen LogP contribution < -0.4 is 5.32 Å². The summed E-state index contributed by atoms with van der Waals surface area (Å²) >= 11 is 1.38. The molecular formula is C17H16FN5OS. The van der Waals surface area contributed by atoms with Crippen molar-refractivity contribution in [3.8, 4) is 0 Å². The van der Waals surface area contributed by atoms with Crippen LogP contribution in [0.15, 0.2) is 47.9 Å². The van der Waals surface area contributed by atoms with Crippen LogP contribution in [0, 0.1) is 12.7 Å². The first-order chi connectivity index (χ1) is 12.0. The van der Waals surface area contributed by atoms with Crippen molar-refractivity contribution in [2.24, 2.45) is 0 Å². The summed E-state index contributed by atoms with van der Waals surface area (Å²) < 4.78 is 14.9. The number of carbonyl (C=O) groups excluding carboxylic acids is 1. The molecule has 8 heteroatoms. The minimum atomic E-state index is -0.328. The Bertz CT molecular complexity index is 912. The van der Waals surface area contributed by atoms with Gasteiger partial charge in [-0.15, -0.1) is 0 Å². The molecule has 0 saturated heterocycles. The molecular weight excluding hydrogens is 341 g/mol. The molecule has 0 aliphatic rings. The van der Waals surface area contributed by atoms with Crippen molar-refractivity contribution >= 4 is 23.4 Å². The summed E-state index contributed by atoms with van der Waals surface area (Å²) in [6.45, 7) is 2.23. The molecule has 0 radical (unpaired) electrons. The number of aromatic nitrogens is 4. The van der Waals surface area contributed by atoms with Crippen LogP contribution in [-0.4, -0.2) is 31.9 Å². The maximum absolute atomic E-state index is 13.2. The highest BCUT2D eigenvalue weighted by atomic mass is 32.2. The van der Waals surface area contributed by atoms with Gasteiger partial charge >= 0.3 is 0 Å². The fourth-order valence-corrected chi connectivity index (χ4v) is 2.71. The molecule has 128 valence electrons. The molecule has 0 spiro atoms. The molecule has 1 amide bonds. The van der Waals surface area contributed by atoms with Gasteiger partial charge in [-0.05, 0) is 36.9 Å². The number of anilines is 1. The Morgan fingerprint density at radius 2 is 2.16 bits per heavy atom. The molecule has 0 aliphatic carbocycles. The van der Waals surface area contributed by atoms with E-state index in [1.54, 1.807) is 29.2 Å². The van der Waals surface area contributed by atoms with Crippen molar-refractivity contribution in [1.82, 2.24) is 19.7 Å². The van der Waals surface area contributed by atoms with E-state index in [0.717, 1.165) is 11.3 Å². The molecule has 0 saturated carbocycles. The number of rotatable bonds is 5. The molecule has 2 aromatic heterocycles. The molecule has 1 aromatic carbocycles. The van der Waals surface area contributed by atoms with E-state index < -0.39 is 0 Å².